The van der Waals surface area contributed by atoms with Gasteiger partial charge in [0.2, 0.25) is 0 Å². The zero-order chi connectivity index (χ0) is 26.1. The number of hydrogen-bond acceptors (Lipinski definition) is 9. The Balaban J connectivity index is 1.64. The van der Waals surface area contributed by atoms with Gasteiger partial charge in [-0.1, -0.05) is 53.7 Å². The molecule has 2 aromatic carbocycles. The second kappa shape index (κ2) is 13.5. The maximum absolute atomic E-state index is 12.7. The minimum atomic E-state index is -3.75. The molecule has 3 unspecified atom stereocenters. The molecule has 0 aliphatic carbocycles. The van der Waals surface area contributed by atoms with Crippen LogP contribution in [0, 0.1) is 6.92 Å². The highest BCUT2D eigenvalue weighted by Gasteiger charge is 2.32. The molecule has 10 heteroatoms. The van der Waals surface area contributed by atoms with Gasteiger partial charge in [0.05, 0.1) is 24.9 Å². The lowest BCUT2D eigenvalue weighted by atomic mass is 10.1. The van der Waals surface area contributed by atoms with Crippen LogP contribution < -0.4 is 4.74 Å². The van der Waals surface area contributed by atoms with Crippen LogP contribution in [0.15, 0.2) is 48.5 Å². The lowest BCUT2D eigenvalue weighted by molar-refractivity contribution is -0.132. The lowest BCUT2D eigenvalue weighted by Crippen LogP contribution is -2.22. The normalized spacial score (nSPS) is 17.8. The van der Waals surface area contributed by atoms with Gasteiger partial charge in [0, 0.05) is 0 Å². The van der Waals surface area contributed by atoms with Crippen molar-refractivity contribution in [2.24, 2.45) is 0 Å². The smallest absolute Gasteiger partial charge is 0.477 e. The maximum Gasteiger partial charge on any atom is 0.477 e. The molecule has 1 aliphatic heterocycles. The first kappa shape index (κ1) is 28.6. The summed E-state index contributed by atoms with van der Waals surface area (Å²) in [6, 6.07) is 15.3. The van der Waals surface area contributed by atoms with E-state index in [1.165, 1.54) is 0 Å². The van der Waals surface area contributed by atoms with E-state index in [0.717, 1.165) is 28.5 Å². The van der Waals surface area contributed by atoms with Crippen LogP contribution in [0.1, 0.15) is 50.0 Å². The van der Waals surface area contributed by atoms with Gasteiger partial charge >= 0.3 is 7.82 Å². The zero-order valence-electron chi connectivity index (χ0n) is 21.0. The fourth-order valence-electron chi connectivity index (χ4n) is 3.63. The van der Waals surface area contributed by atoms with Crippen molar-refractivity contribution >= 4 is 30.5 Å². The molecular weight excluding hydrogens is 503 g/mol. The SMILES string of the molecule is CCOP(=O)(OCC)OC(C)OC(COc1ccc(CC2SC(=O)CC2=O)cc1)c1ccc(C)cc1. The molecular formula is C26H33O8PS. The van der Waals surface area contributed by atoms with E-state index in [0.29, 0.717) is 12.2 Å². The van der Waals surface area contributed by atoms with Gasteiger partial charge in [-0.2, -0.15) is 0 Å². The number of benzene rings is 2. The largest absolute Gasteiger partial charge is 0.491 e. The Morgan fingerprint density at radius 3 is 2.19 bits per heavy atom. The Labute approximate surface area is 216 Å². The molecule has 0 amide bonds. The van der Waals surface area contributed by atoms with Crippen LogP contribution in [-0.2, 0) is 38.9 Å². The Morgan fingerprint density at radius 2 is 1.64 bits per heavy atom. The van der Waals surface area contributed by atoms with Crippen molar-refractivity contribution in [1.29, 1.82) is 0 Å². The fourth-order valence-corrected chi connectivity index (χ4v) is 5.91. The lowest BCUT2D eigenvalue weighted by Gasteiger charge is -2.26. The highest BCUT2D eigenvalue weighted by molar-refractivity contribution is 8.15. The van der Waals surface area contributed by atoms with Crippen molar-refractivity contribution in [2.45, 2.75) is 58.2 Å². The minimum Gasteiger partial charge on any atom is -0.491 e. The summed E-state index contributed by atoms with van der Waals surface area (Å²) >= 11 is 1.11. The van der Waals surface area contributed by atoms with E-state index in [2.05, 4.69) is 0 Å². The molecule has 0 saturated carbocycles. The average Bonchev–Trinajstić information content (AvgIpc) is 3.14. The van der Waals surface area contributed by atoms with Gasteiger partial charge in [0.1, 0.15) is 18.5 Å². The summed E-state index contributed by atoms with van der Waals surface area (Å²) in [5, 5.41) is -0.376. The van der Waals surface area contributed by atoms with E-state index in [1.807, 2.05) is 55.5 Å². The summed E-state index contributed by atoms with van der Waals surface area (Å²) in [5.41, 5.74) is 2.94. The summed E-state index contributed by atoms with van der Waals surface area (Å²) in [6.45, 7) is 7.57. The number of aryl methyl sites for hydroxylation is 1. The second-order valence-corrected chi connectivity index (χ2v) is 11.2. The predicted octanol–water partition coefficient (Wildman–Crippen LogP) is 5.82. The molecule has 1 saturated heterocycles. The van der Waals surface area contributed by atoms with E-state index in [9.17, 15) is 14.2 Å². The summed E-state index contributed by atoms with van der Waals surface area (Å²) in [5.74, 6) is 0.613. The van der Waals surface area contributed by atoms with Crippen LogP contribution in [0.5, 0.6) is 5.75 Å². The number of ether oxygens (including phenoxy) is 2. The van der Waals surface area contributed by atoms with E-state index in [4.69, 9.17) is 23.0 Å². The quantitative estimate of drug-likeness (QED) is 0.168. The molecule has 3 rings (SSSR count). The zero-order valence-corrected chi connectivity index (χ0v) is 22.7. The number of carbonyl (C=O) groups is 2. The third kappa shape index (κ3) is 8.54. The molecule has 1 aliphatic rings. The predicted molar refractivity (Wildman–Crippen MR) is 138 cm³/mol. The average molecular weight is 537 g/mol. The van der Waals surface area contributed by atoms with Crippen LogP contribution in [0.25, 0.3) is 0 Å². The second-order valence-electron chi connectivity index (χ2n) is 8.27. The molecule has 0 aromatic heterocycles. The molecule has 1 heterocycles. The van der Waals surface area contributed by atoms with Crippen molar-refractivity contribution in [3.05, 3.63) is 65.2 Å². The van der Waals surface area contributed by atoms with Crippen molar-refractivity contribution in [3.8, 4) is 5.75 Å². The molecule has 196 valence electrons. The van der Waals surface area contributed by atoms with E-state index in [1.54, 1.807) is 20.8 Å². The van der Waals surface area contributed by atoms with E-state index < -0.39 is 20.2 Å². The van der Waals surface area contributed by atoms with E-state index >= 15 is 0 Å². The van der Waals surface area contributed by atoms with Crippen LogP contribution in [0.2, 0.25) is 0 Å². The minimum absolute atomic E-state index is 0.0158. The Kier molecular flexibility index (Phi) is 10.7. The first-order valence-electron chi connectivity index (χ1n) is 11.9. The Bertz CT molecular complexity index is 1050. The monoisotopic (exact) mass is 536 g/mol. The first-order chi connectivity index (χ1) is 17.2. The fraction of sp³-hybridized carbons (Fsp3) is 0.462. The third-order valence-electron chi connectivity index (χ3n) is 5.35. The summed E-state index contributed by atoms with van der Waals surface area (Å²) < 4.78 is 40.7. The number of thioether (sulfide) groups is 1. The number of phosphoric acid groups is 1. The Hall–Kier alpha value is -2.00. The Morgan fingerprint density at radius 1 is 1.00 bits per heavy atom. The van der Waals surface area contributed by atoms with Gasteiger partial charge in [-0.25, -0.2) is 4.57 Å². The van der Waals surface area contributed by atoms with Crippen molar-refractivity contribution in [3.63, 3.8) is 0 Å². The van der Waals surface area contributed by atoms with Crippen LogP contribution in [0.3, 0.4) is 0 Å². The third-order valence-corrected chi connectivity index (χ3v) is 8.18. The van der Waals surface area contributed by atoms with Crippen LogP contribution >= 0.6 is 19.6 Å². The first-order valence-corrected chi connectivity index (χ1v) is 14.3. The number of ketones is 1. The highest BCUT2D eigenvalue weighted by Crippen LogP contribution is 2.50. The summed E-state index contributed by atoms with van der Waals surface area (Å²) in [6.07, 6.45) is -0.881. The number of Topliss-reactive ketones (excluding diaryl/α,β-unsaturated/α-hetero) is 1. The molecule has 0 bridgehead atoms. The number of rotatable bonds is 14. The maximum atomic E-state index is 12.7. The molecule has 1 fully saturated rings. The van der Waals surface area contributed by atoms with Gasteiger partial charge in [0.25, 0.3) is 0 Å². The van der Waals surface area contributed by atoms with Gasteiger partial charge in [0.15, 0.2) is 17.2 Å². The van der Waals surface area contributed by atoms with Gasteiger partial charge in [-0.15, -0.1) is 0 Å². The number of carbonyl (C=O) groups excluding carboxylic acids is 2. The number of hydrogen-bond donors (Lipinski definition) is 0. The van der Waals surface area contributed by atoms with Gasteiger partial charge in [-0.3, -0.25) is 23.2 Å². The summed E-state index contributed by atoms with van der Waals surface area (Å²) in [4.78, 5) is 23.4. The van der Waals surface area contributed by atoms with Crippen molar-refractivity contribution < 1.29 is 37.2 Å². The molecule has 0 N–H and O–H groups in total. The van der Waals surface area contributed by atoms with Crippen LogP contribution in [-0.4, -0.2) is 42.3 Å². The molecule has 3 atom stereocenters. The molecule has 36 heavy (non-hydrogen) atoms. The van der Waals surface area contributed by atoms with Crippen LogP contribution in [0.4, 0.5) is 0 Å². The number of phosphoric ester groups is 1. The summed E-state index contributed by atoms with van der Waals surface area (Å²) in [7, 11) is -3.75. The topological polar surface area (TPSA) is 97.4 Å². The van der Waals surface area contributed by atoms with Gasteiger partial charge < -0.3 is 9.47 Å². The van der Waals surface area contributed by atoms with Crippen molar-refractivity contribution in [2.75, 3.05) is 19.8 Å². The molecule has 8 nitrogen and oxygen atoms in total. The molecule has 0 radical (unpaired) electrons. The molecule has 2 aromatic rings. The van der Waals surface area contributed by atoms with E-state index in [-0.39, 0.29) is 42.4 Å². The van der Waals surface area contributed by atoms with Gasteiger partial charge in [-0.05, 0) is 57.4 Å². The highest BCUT2D eigenvalue weighted by atomic mass is 32.2. The standard InChI is InChI=1S/C26H33O8PS/c1-5-31-35(29,32-6-2)34-19(4)33-24(21-11-7-18(3)8-12-21)17-30-22-13-9-20(10-14-22)15-25-23(27)16-26(28)36-25/h7-14,19,24-25H,5-6,15-17H2,1-4H3. The van der Waals surface area contributed by atoms with Crippen molar-refractivity contribution in [1.82, 2.24) is 0 Å². The molecule has 0 spiro atoms.